The van der Waals surface area contributed by atoms with Crippen LogP contribution < -0.4 is 10.2 Å². The molecule has 88 valence electrons. The van der Waals surface area contributed by atoms with Gasteiger partial charge in [-0.2, -0.15) is 4.89 Å². The zero-order valence-electron chi connectivity index (χ0n) is 9.90. The van der Waals surface area contributed by atoms with Crippen LogP contribution in [0.4, 0.5) is 0 Å². The first-order valence-corrected chi connectivity index (χ1v) is 5.87. The molecule has 0 aliphatic carbocycles. The Bertz CT molecular complexity index is 338. The topological polar surface area (TPSA) is 30.5 Å². The second-order valence-corrected chi connectivity index (χ2v) is 4.67. The van der Waals surface area contributed by atoms with Gasteiger partial charge in [0, 0.05) is 18.5 Å². The predicted octanol–water partition coefficient (Wildman–Crippen LogP) is 2.17. The molecule has 0 radical (unpaired) electrons. The lowest BCUT2D eigenvalue weighted by atomic mass is 10.1. The average Bonchev–Trinajstić information content (AvgIpc) is 2.28. The summed E-state index contributed by atoms with van der Waals surface area (Å²) in [6, 6.07) is 8.02. The lowest BCUT2D eigenvalue weighted by molar-refractivity contribution is -0.252. The Kier molecular flexibility index (Phi) is 3.80. The van der Waals surface area contributed by atoms with E-state index in [1.807, 2.05) is 18.2 Å². The van der Waals surface area contributed by atoms with E-state index >= 15 is 0 Å². The first kappa shape index (κ1) is 11.4. The maximum atomic E-state index is 5.32. The Labute approximate surface area is 96.7 Å². The van der Waals surface area contributed by atoms with Crippen LogP contribution in [0.25, 0.3) is 0 Å². The molecular weight excluding hydrogens is 202 g/mol. The number of rotatable bonds is 4. The van der Waals surface area contributed by atoms with E-state index in [-0.39, 0.29) is 6.10 Å². The third-order valence-electron chi connectivity index (χ3n) is 2.62. The molecule has 16 heavy (non-hydrogen) atoms. The molecule has 0 saturated carbocycles. The SMILES string of the molecule is CC(C)CNCC1Cc2ccccc2OO1. The zero-order chi connectivity index (χ0) is 11.4. The van der Waals surface area contributed by atoms with Crippen LogP contribution in [-0.4, -0.2) is 19.2 Å². The van der Waals surface area contributed by atoms with Crippen LogP contribution in [-0.2, 0) is 11.3 Å². The number of nitrogens with one attached hydrogen (secondary N) is 1. The Balaban J connectivity index is 1.83. The number of hydrogen-bond donors (Lipinski definition) is 1. The van der Waals surface area contributed by atoms with Gasteiger partial charge >= 0.3 is 0 Å². The van der Waals surface area contributed by atoms with Crippen LogP contribution in [0.2, 0.25) is 0 Å². The summed E-state index contributed by atoms with van der Waals surface area (Å²) < 4.78 is 0. The van der Waals surface area contributed by atoms with Gasteiger partial charge in [0.1, 0.15) is 6.10 Å². The van der Waals surface area contributed by atoms with Crippen LogP contribution in [0, 0.1) is 5.92 Å². The average molecular weight is 221 g/mol. The third kappa shape index (κ3) is 2.97. The molecule has 3 nitrogen and oxygen atoms in total. The Morgan fingerprint density at radius 2 is 2.19 bits per heavy atom. The second-order valence-electron chi connectivity index (χ2n) is 4.67. The van der Waals surface area contributed by atoms with Crippen molar-refractivity contribution < 1.29 is 9.78 Å². The van der Waals surface area contributed by atoms with E-state index in [0.29, 0.717) is 5.92 Å². The smallest absolute Gasteiger partial charge is 0.168 e. The number of fused-ring (bicyclic) bond motifs is 1. The molecular formula is C13H19NO2. The highest BCUT2D eigenvalue weighted by molar-refractivity contribution is 5.34. The minimum atomic E-state index is 0.119. The summed E-state index contributed by atoms with van der Waals surface area (Å²) in [6.45, 7) is 6.25. The molecule has 0 spiro atoms. The van der Waals surface area contributed by atoms with Crippen molar-refractivity contribution in [2.75, 3.05) is 13.1 Å². The molecule has 0 aromatic heterocycles. The molecule has 0 saturated heterocycles. The first-order chi connectivity index (χ1) is 7.75. The number of hydrogen-bond acceptors (Lipinski definition) is 3. The minimum absolute atomic E-state index is 0.119. The summed E-state index contributed by atoms with van der Waals surface area (Å²) in [4.78, 5) is 10.6. The Morgan fingerprint density at radius 3 is 3.00 bits per heavy atom. The van der Waals surface area contributed by atoms with Crippen molar-refractivity contribution in [1.29, 1.82) is 0 Å². The summed E-state index contributed by atoms with van der Waals surface area (Å²) in [5, 5.41) is 3.38. The molecule has 1 aliphatic heterocycles. The van der Waals surface area contributed by atoms with Crippen LogP contribution in [0.3, 0.4) is 0 Å². The number of para-hydroxylation sites is 1. The monoisotopic (exact) mass is 221 g/mol. The Morgan fingerprint density at radius 1 is 1.38 bits per heavy atom. The first-order valence-electron chi connectivity index (χ1n) is 5.87. The summed E-state index contributed by atoms with van der Waals surface area (Å²) in [6.07, 6.45) is 1.04. The van der Waals surface area contributed by atoms with Gasteiger partial charge in [-0.05, 0) is 18.5 Å². The third-order valence-corrected chi connectivity index (χ3v) is 2.62. The molecule has 1 N–H and O–H groups in total. The maximum Gasteiger partial charge on any atom is 0.168 e. The summed E-state index contributed by atoms with van der Waals surface area (Å²) in [5.41, 5.74) is 1.23. The van der Waals surface area contributed by atoms with Gasteiger partial charge in [0.25, 0.3) is 0 Å². The van der Waals surface area contributed by atoms with E-state index in [1.54, 1.807) is 0 Å². The molecule has 0 amide bonds. The lowest BCUT2D eigenvalue weighted by Crippen LogP contribution is -2.35. The fourth-order valence-electron chi connectivity index (χ4n) is 1.79. The van der Waals surface area contributed by atoms with Crippen molar-refractivity contribution in [3.63, 3.8) is 0 Å². The fourth-order valence-corrected chi connectivity index (χ4v) is 1.79. The highest BCUT2D eigenvalue weighted by atomic mass is 17.2. The summed E-state index contributed by atoms with van der Waals surface area (Å²) in [7, 11) is 0. The fraction of sp³-hybridized carbons (Fsp3) is 0.538. The molecule has 0 bridgehead atoms. The molecule has 1 aromatic carbocycles. The molecule has 3 heteroatoms. The van der Waals surface area contributed by atoms with Gasteiger partial charge in [0.05, 0.1) is 0 Å². The normalized spacial score (nSPS) is 19.3. The van der Waals surface area contributed by atoms with Crippen molar-refractivity contribution in [3.8, 4) is 5.75 Å². The number of benzene rings is 1. The highest BCUT2D eigenvalue weighted by Gasteiger charge is 2.20. The van der Waals surface area contributed by atoms with Crippen LogP contribution in [0.15, 0.2) is 24.3 Å². The van der Waals surface area contributed by atoms with E-state index in [9.17, 15) is 0 Å². The van der Waals surface area contributed by atoms with Crippen molar-refractivity contribution >= 4 is 0 Å². The highest BCUT2D eigenvalue weighted by Crippen LogP contribution is 2.25. The van der Waals surface area contributed by atoms with E-state index in [4.69, 9.17) is 9.78 Å². The molecule has 1 atom stereocenters. The van der Waals surface area contributed by atoms with E-state index in [0.717, 1.165) is 25.3 Å². The molecule has 1 aliphatic rings. The van der Waals surface area contributed by atoms with E-state index in [2.05, 4.69) is 25.2 Å². The van der Waals surface area contributed by atoms with Gasteiger partial charge < -0.3 is 10.2 Å². The van der Waals surface area contributed by atoms with Gasteiger partial charge in [-0.15, -0.1) is 0 Å². The van der Waals surface area contributed by atoms with Crippen molar-refractivity contribution in [2.45, 2.75) is 26.4 Å². The Hall–Kier alpha value is -1.06. The van der Waals surface area contributed by atoms with Crippen LogP contribution >= 0.6 is 0 Å². The molecule has 2 rings (SSSR count). The summed E-state index contributed by atoms with van der Waals surface area (Å²) >= 11 is 0. The van der Waals surface area contributed by atoms with E-state index < -0.39 is 0 Å². The van der Waals surface area contributed by atoms with Gasteiger partial charge in [0.2, 0.25) is 0 Å². The largest absolute Gasteiger partial charge is 0.337 e. The molecule has 1 unspecified atom stereocenters. The van der Waals surface area contributed by atoms with Crippen molar-refractivity contribution in [1.82, 2.24) is 5.32 Å². The van der Waals surface area contributed by atoms with Gasteiger partial charge in [0.15, 0.2) is 5.75 Å². The quantitative estimate of drug-likeness (QED) is 0.790. The van der Waals surface area contributed by atoms with Crippen molar-refractivity contribution in [2.24, 2.45) is 5.92 Å². The second kappa shape index (κ2) is 5.32. The zero-order valence-corrected chi connectivity index (χ0v) is 9.90. The van der Waals surface area contributed by atoms with Crippen LogP contribution in [0.1, 0.15) is 19.4 Å². The maximum absolute atomic E-state index is 5.32. The lowest BCUT2D eigenvalue weighted by Gasteiger charge is -2.24. The van der Waals surface area contributed by atoms with Gasteiger partial charge in [-0.3, -0.25) is 0 Å². The van der Waals surface area contributed by atoms with Gasteiger partial charge in [-0.25, -0.2) is 0 Å². The summed E-state index contributed by atoms with van der Waals surface area (Å²) in [5.74, 6) is 1.51. The minimum Gasteiger partial charge on any atom is -0.337 e. The van der Waals surface area contributed by atoms with Crippen LogP contribution in [0.5, 0.6) is 5.75 Å². The van der Waals surface area contributed by atoms with Gasteiger partial charge in [-0.1, -0.05) is 32.0 Å². The standard InChI is InChI=1S/C13H19NO2/c1-10(2)8-14-9-12-7-11-5-3-4-6-13(11)16-15-12/h3-6,10,12,14H,7-9H2,1-2H3. The van der Waals surface area contributed by atoms with E-state index in [1.165, 1.54) is 5.56 Å². The molecule has 0 fully saturated rings. The molecule has 1 aromatic rings. The molecule has 1 heterocycles. The van der Waals surface area contributed by atoms with Crippen molar-refractivity contribution in [3.05, 3.63) is 29.8 Å². The predicted molar refractivity (Wildman–Crippen MR) is 63.4 cm³/mol.